The van der Waals surface area contributed by atoms with Gasteiger partial charge in [-0.3, -0.25) is 0 Å². The van der Waals surface area contributed by atoms with Crippen LogP contribution in [0.5, 0.6) is 0 Å². The Balaban J connectivity index is 2.58. The predicted molar refractivity (Wildman–Crippen MR) is 96.3 cm³/mol. The summed E-state index contributed by atoms with van der Waals surface area (Å²) in [6.07, 6.45) is 9.14. The molecule has 1 aromatic carbocycles. The molecule has 0 spiro atoms. The van der Waals surface area contributed by atoms with Crippen LogP contribution >= 0.6 is 31.9 Å². The molecule has 0 heterocycles. The van der Waals surface area contributed by atoms with Gasteiger partial charge in [0.05, 0.1) is 0 Å². The Kier molecular flexibility index (Phi) is 9.83. The van der Waals surface area contributed by atoms with E-state index in [1.807, 2.05) is 0 Å². The Morgan fingerprint density at radius 1 is 0.900 bits per heavy atom. The highest BCUT2D eigenvalue weighted by molar-refractivity contribution is 9.11. The summed E-state index contributed by atoms with van der Waals surface area (Å²) in [7, 11) is 0. The number of hydrogen-bond donors (Lipinski definition) is 1. The smallest absolute Gasteiger partial charge is 0.0321 e. The van der Waals surface area contributed by atoms with Crippen molar-refractivity contribution in [2.45, 2.75) is 64.8 Å². The number of unbranched alkanes of at least 4 members (excludes halogenated alkanes) is 4. The fraction of sp³-hybridized carbons (Fsp3) is 0.647. The van der Waals surface area contributed by atoms with Crippen molar-refractivity contribution in [1.29, 1.82) is 0 Å². The minimum atomic E-state index is 0.477. The zero-order valence-corrected chi connectivity index (χ0v) is 15.9. The highest BCUT2D eigenvalue weighted by atomic mass is 79.9. The fourth-order valence-electron chi connectivity index (χ4n) is 2.43. The Morgan fingerprint density at radius 3 is 2.15 bits per heavy atom. The second-order valence-corrected chi connectivity index (χ2v) is 7.24. The van der Waals surface area contributed by atoms with E-state index in [1.165, 1.54) is 50.5 Å². The normalized spacial score (nSPS) is 12.6. The van der Waals surface area contributed by atoms with E-state index in [0.29, 0.717) is 6.04 Å². The molecular weight excluding hydrogens is 378 g/mol. The molecule has 0 saturated heterocycles. The third kappa shape index (κ3) is 7.24. The SMILES string of the molecule is CCCCCCCC(NCCC)c1cc(Br)cc(Br)c1. The van der Waals surface area contributed by atoms with Crippen LogP contribution in [0.15, 0.2) is 27.1 Å². The van der Waals surface area contributed by atoms with Gasteiger partial charge in [-0.05, 0) is 43.1 Å². The second-order valence-electron chi connectivity index (χ2n) is 5.41. The van der Waals surface area contributed by atoms with E-state index in [-0.39, 0.29) is 0 Å². The predicted octanol–water partition coefficient (Wildman–Crippen LogP) is 6.61. The van der Waals surface area contributed by atoms with Crippen LogP contribution in [0.25, 0.3) is 0 Å². The number of rotatable bonds is 10. The fourth-order valence-corrected chi connectivity index (χ4v) is 3.76. The number of hydrogen-bond acceptors (Lipinski definition) is 1. The lowest BCUT2D eigenvalue weighted by Crippen LogP contribution is -2.22. The first kappa shape index (κ1) is 18.2. The second kappa shape index (κ2) is 10.8. The zero-order chi connectivity index (χ0) is 14.8. The molecule has 1 aromatic rings. The van der Waals surface area contributed by atoms with E-state index >= 15 is 0 Å². The van der Waals surface area contributed by atoms with Crippen LogP contribution in [0.3, 0.4) is 0 Å². The molecule has 0 aliphatic rings. The Hall–Kier alpha value is 0.140. The van der Waals surface area contributed by atoms with E-state index in [2.05, 4.69) is 69.2 Å². The summed E-state index contributed by atoms with van der Waals surface area (Å²) in [5.41, 5.74) is 1.38. The maximum Gasteiger partial charge on any atom is 0.0321 e. The standard InChI is InChI=1S/C17H27Br2N/c1-3-5-6-7-8-9-17(20-10-4-2)14-11-15(18)13-16(19)12-14/h11-13,17,20H,3-10H2,1-2H3. The Bertz CT molecular complexity index is 359. The number of benzene rings is 1. The number of nitrogens with one attached hydrogen (secondary N) is 1. The van der Waals surface area contributed by atoms with Crippen LogP contribution in [0, 0.1) is 0 Å². The summed E-state index contributed by atoms with van der Waals surface area (Å²) in [6, 6.07) is 7.06. The van der Waals surface area contributed by atoms with Crippen molar-refractivity contribution in [1.82, 2.24) is 5.32 Å². The van der Waals surface area contributed by atoms with Gasteiger partial charge in [0.1, 0.15) is 0 Å². The first-order valence-electron chi connectivity index (χ1n) is 7.86. The third-order valence-corrected chi connectivity index (χ3v) is 4.44. The Morgan fingerprint density at radius 2 is 1.55 bits per heavy atom. The van der Waals surface area contributed by atoms with Crippen LogP contribution in [-0.2, 0) is 0 Å². The summed E-state index contributed by atoms with van der Waals surface area (Å²) in [5.74, 6) is 0. The van der Waals surface area contributed by atoms with Crippen LogP contribution < -0.4 is 5.32 Å². The molecule has 1 unspecified atom stereocenters. The van der Waals surface area contributed by atoms with Crippen molar-refractivity contribution >= 4 is 31.9 Å². The quantitative estimate of drug-likeness (QED) is 0.432. The monoisotopic (exact) mass is 403 g/mol. The average Bonchev–Trinajstić information content (AvgIpc) is 2.40. The summed E-state index contributed by atoms with van der Waals surface area (Å²) >= 11 is 7.19. The van der Waals surface area contributed by atoms with E-state index < -0.39 is 0 Å². The summed E-state index contributed by atoms with van der Waals surface area (Å²) < 4.78 is 2.30. The van der Waals surface area contributed by atoms with Gasteiger partial charge in [-0.2, -0.15) is 0 Å². The lowest BCUT2D eigenvalue weighted by atomic mass is 9.99. The van der Waals surface area contributed by atoms with Crippen molar-refractivity contribution in [3.63, 3.8) is 0 Å². The molecule has 1 nitrogen and oxygen atoms in total. The molecule has 0 bridgehead atoms. The molecule has 1 N–H and O–H groups in total. The summed E-state index contributed by atoms with van der Waals surface area (Å²) in [4.78, 5) is 0. The minimum Gasteiger partial charge on any atom is -0.310 e. The van der Waals surface area contributed by atoms with E-state index in [9.17, 15) is 0 Å². The van der Waals surface area contributed by atoms with Crippen LogP contribution in [-0.4, -0.2) is 6.54 Å². The average molecular weight is 405 g/mol. The molecule has 1 atom stereocenters. The van der Waals surface area contributed by atoms with Crippen molar-refractivity contribution in [3.05, 3.63) is 32.7 Å². The van der Waals surface area contributed by atoms with E-state index in [1.54, 1.807) is 0 Å². The molecular formula is C17H27Br2N. The zero-order valence-electron chi connectivity index (χ0n) is 12.7. The van der Waals surface area contributed by atoms with Crippen molar-refractivity contribution in [2.24, 2.45) is 0 Å². The molecule has 0 aromatic heterocycles. The molecule has 1 rings (SSSR count). The van der Waals surface area contributed by atoms with Gasteiger partial charge in [0.15, 0.2) is 0 Å². The third-order valence-electron chi connectivity index (χ3n) is 3.52. The van der Waals surface area contributed by atoms with Gasteiger partial charge in [0, 0.05) is 15.0 Å². The Labute approximate surface area is 141 Å². The molecule has 0 amide bonds. The highest BCUT2D eigenvalue weighted by Crippen LogP contribution is 2.27. The topological polar surface area (TPSA) is 12.0 Å². The first-order chi connectivity index (χ1) is 9.67. The van der Waals surface area contributed by atoms with Gasteiger partial charge in [-0.25, -0.2) is 0 Å². The lowest BCUT2D eigenvalue weighted by molar-refractivity contribution is 0.468. The van der Waals surface area contributed by atoms with Crippen molar-refractivity contribution in [3.8, 4) is 0 Å². The van der Waals surface area contributed by atoms with E-state index in [0.717, 1.165) is 15.5 Å². The highest BCUT2D eigenvalue weighted by Gasteiger charge is 2.11. The van der Waals surface area contributed by atoms with Crippen molar-refractivity contribution in [2.75, 3.05) is 6.54 Å². The van der Waals surface area contributed by atoms with Gasteiger partial charge >= 0.3 is 0 Å². The van der Waals surface area contributed by atoms with Crippen LogP contribution in [0.4, 0.5) is 0 Å². The van der Waals surface area contributed by atoms with E-state index in [4.69, 9.17) is 0 Å². The van der Waals surface area contributed by atoms with Crippen LogP contribution in [0.2, 0.25) is 0 Å². The molecule has 0 saturated carbocycles. The molecule has 0 aliphatic carbocycles. The largest absolute Gasteiger partial charge is 0.310 e. The molecule has 20 heavy (non-hydrogen) atoms. The molecule has 3 heteroatoms. The van der Waals surface area contributed by atoms with Crippen LogP contribution in [0.1, 0.15) is 70.4 Å². The first-order valence-corrected chi connectivity index (χ1v) is 9.45. The maximum atomic E-state index is 3.69. The lowest BCUT2D eigenvalue weighted by Gasteiger charge is -2.20. The maximum absolute atomic E-state index is 3.69. The van der Waals surface area contributed by atoms with Gasteiger partial charge in [-0.1, -0.05) is 77.8 Å². The van der Waals surface area contributed by atoms with Crippen molar-refractivity contribution < 1.29 is 0 Å². The van der Waals surface area contributed by atoms with Gasteiger partial charge in [0.25, 0.3) is 0 Å². The number of halogens is 2. The molecule has 114 valence electrons. The molecule has 0 radical (unpaired) electrons. The molecule has 0 aliphatic heterocycles. The van der Waals surface area contributed by atoms with Gasteiger partial charge in [0.2, 0.25) is 0 Å². The van der Waals surface area contributed by atoms with Gasteiger partial charge in [-0.15, -0.1) is 0 Å². The minimum absolute atomic E-state index is 0.477. The summed E-state index contributed by atoms with van der Waals surface area (Å²) in [5, 5.41) is 3.69. The summed E-state index contributed by atoms with van der Waals surface area (Å²) in [6.45, 7) is 5.58. The van der Waals surface area contributed by atoms with Gasteiger partial charge < -0.3 is 5.32 Å². The molecule has 0 fully saturated rings.